The lowest BCUT2D eigenvalue weighted by atomic mass is 10.1. The minimum absolute atomic E-state index is 0.0408. The predicted molar refractivity (Wildman–Crippen MR) is 125 cm³/mol. The van der Waals surface area contributed by atoms with Gasteiger partial charge < -0.3 is 4.74 Å². The fraction of sp³-hybridized carbons (Fsp3) is 0.0435. The van der Waals surface area contributed by atoms with Crippen molar-refractivity contribution in [1.82, 2.24) is 4.98 Å². The van der Waals surface area contributed by atoms with Crippen molar-refractivity contribution < 1.29 is 9.66 Å². The Hall–Kier alpha value is -3.55. The van der Waals surface area contributed by atoms with Crippen LogP contribution in [0.1, 0.15) is 5.56 Å². The van der Waals surface area contributed by atoms with Crippen LogP contribution in [0.15, 0.2) is 77.8 Å². The number of nitrogens with zero attached hydrogens (tertiary/aromatic N) is 3. The number of methoxy groups -OCH3 is 1. The van der Waals surface area contributed by atoms with Gasteiger partial charge in [-0.1, -0.05) is 35.1 Å². The van der Waals surface area contributed by atoms with Crippen LogP contribution in [0.25, 0.3) is 21.7 Å². The standard InChI is InChI=1S/C23H16ClN3O3S/c1-30-20-12-2-15(3-13-20)14-25-23-26-21(16-4-8-18(24)9-5-16)22(31-23)17-6-10-19(11-7-17)27(28)29/h2-14H,1H3. The molecule has 0 fully saturated rings. The third kappa shape index (κ3) is 4.79. The lowest BCUT2D eigenvalue weighted by Gasteiger charge is -2.03. The van der Waals surface area contributed by atoms with E-state index in [0.29, 0.717) is 10.2 Å². The minimum atomic E-state index is -0.416. The maximum absolute atomic E-state index is 11.0. The molecule has 0 aliphatic carbocycles. The molecule has 31 heavy (non-hydrogen) atoms. The first-order valence-corrected chi connectivity index (χ1v) is 10.4. The Kier molecular flexibility index (Phi) is 6.06. The zero-order valence-corrected chi connectivity index (χ0v) is 17.9. The van der Waals surface area contributed by atoms with Crippen LogP contribution in [0.3, 0.4) is 0 Å². The molecule has 0 bridgehead atoms. The van der Waals surface area contributed by atoms with Crippen molar-refractivity contribution in [3.8, 4) is 27.4 Å². The van der Waals surface area contributed by atoms with Crippen molar-refractivity contribution in [1.29, 1.82) is 0 Å². The van der Waals surface area contributed by atoms with Crippen LogP contribution in [-0.4, -0.2) is 23.2 Å². The van der Waals surface area contributed by atoms with E-state index in [4.69, 9.17) is 21.3 Å². The molecule has 0 spiro atoms. The minimum Gasteiger partial charge on any atom is -0.497 e. The second kappa shape index (κ2) is 9.07. The normalized spacial score (nSPS) is 11.0. The third-order valence-electron chi connectivity index (χ3n) is 4.51. The van der Waals surface area contributed by atoms with Gasteiger partial charge in [-0.05, 0) is 59.7 Å². The first-order chi connectivity index (χ1) is 15.0. The Morgan fingerprint density at radius 3 is 2.26 bits per heavy atom. The lowest BCUT2D eigenvalue weighted by molar-refractivity contribution is -0.384. The second-order valence-electron chi connectivity index (χ2n) is 6.52. The average molecular weight is 450 g/mol. The maximum Gasteiger partial charge on any atom is 0.269 e. The van der Waals surface area contributed by atoms with Crippen molar-refractivity contribution in [2.45, 2.75) is 0 Å². The summed E-state index contributed by atoms with van der Waals surface area (Å²) in [5.41, 5.74) is 3.43. The van der Waals surface area contributed by atoms with E-state index in [1.54, 1.807) is 37.6 Å². The third-order valence-corrected chi connectivity index (χ3v) is 5.78. The van der Waals surface area contributed by atoms with Crippen LogP contribution in [0.5, 0.6) is 5.75 Å². The molecule has 154 valence electrons. The number of aromatic nitrogens is 1. The number of thiazole rings is 1. The molecule has 0 amide bonds. The largest absolute Gasteiger partial charge is 0.497 e. The van der Waals surface area contributed by atoms with Gasteiger partial charge in [0, 0.05) is 28.9 Å². The molecule has 0 saturated heterocycles. The van der Waals surface area contributed by atoms with Crippen molar-refractivity contribution >= 4 is 40.0 Å². The van der Waals surface area contributed by atoms with Gasteiger partial charge in [0.15, 0.2) is 0 Å². The molecule has 1 heterocycles. The molecule has 4 aromatic rings. The van der Waals surface area contributed by atoms with Crippen molar-refractivity contribution in [3.63, 3.8) is 0 Å². The summed E-state index contributed by atoms with van der Waals surface area (Å²) < 4.78 is 5.17. The lowest BCUT2D eigenvalue weighted by Crippen LogP contribution is -1.87. The zero-order chi connectivity index (χ0) is 21.8. The maximum atomic E-state index is 11.0. The zero-order valence-electron chi connectivity index (χ0n) is 16.4. The number of hydrogen-bond donors (Lipinski definition) is 0. The Labute approximate surface area is 187 Å². The number of rotatable bonds is 6. The van der Waals surface area contributed by atoms with Gasteiger partial charge in [0.2, 0.25) is 5.13 Å². The molecule has 0 radical (unpaired) electrons. The van der Waals surface area contributed by atoms with Crippen LogP contribution in [0.4, 0.5) is 10.8 Å². The van der Waals surface area contributed by atoms with Gasteiger partial charge in [0.1, 0.15) is 5.75 Å². The molecular weight excluding hydrogens is 434 g/mol. The fourth-order valence-electron chi connectivity index (χ4n) is 2.92. The van der Waals surface area contributed by atoms with Gasteiger partial charge >= 0.3 is 0 Å². The van der Waals surface area contributed by atoms with E-state index in [-0.39, 0.29) is 5.69 Å². The quantitative estimate of drug-likeness (QED) is 0.184. The molecule has 3 aromatic carbocycles. The summed E-state index contributed by atoms with van der Waals surface area (Å²) in [7, 11) is 1.62. The summed E-state index contributed by atoms with van der Waals surface area (Å²) in [6, 6.07) is 21.4. The molecule has 0 atom stereocenters. The van der Waals surface area contributed by atoms with Crippen LogP contribution >= 0.6 is 22.9 Å². The molecule has 0 saturated carbocycles. The summed E-state index contributed by atoms with van der Waals surface area (Å²) in [6.45, 7) is 0. The van der Waals surface area contributed by atoms with Crippen molar-refractivity contribution in [2.24, 2.45) is 4.99 Å². The first kappa shape index (κ1) is 20.7. The summed E-state index contributed by atoms with van der Waals surface area (Å²) in [5, 5.41) is 12.2. The highest BCUT2D eigenvalue weighted by atomic mass is 35.5. The molecule has 0 aliphatic heterocycles. The molecule has 4 rings (SSSR count). The number of hydrogen-bond acceptors (Lipinski definition) is 6. The van der Waals surface area contributed by atoms with Crippen molar-refractivity contribution in [3.05, 3.63) is 93.5 Å². The molecule has 0 aliphatic rings. The van der Waals surface area contributed by atoms with E-state index in [0.717, 1.165) is 33.0 Å². The Balaban J connectivity index is 1.73. The molecule has 0 N–H and O–H groups in total. The summed E-state index contributed by atoms with van der Waals surface area (Å²) in [5.74, 6) is 0.775. The van der Waals surface area contributed by atoms with E-state index in [2.05, 4.69) is 4.99 Å². The SMILES string of the molecule is COc1ccc(C=Nc2nc(-c3ccc(Cl)cc3)c(-c3ccc([N+](=O)[O-])cc3)s2)cc1. The van der Waals surface area contributed by atoms with Crippen molar-refractivity contribution in [2.75, 3.05) is 7.11 Å². The monoisotopic (exact) mass is 449 g/mol. The first-order valence-electron chi connectivity index (χ1n) is 9.23. The highest BCUT2D eigenvalue weighted by Gasteiger charge is 2.16. The van der Waals surface area contributed by atoms with Crippen LogP contribution in [0.2, 0.25) is 5.02 Å². The number of nitro groups is 1. The number of nitro benzene ring substituents is 1. The van der Waals surface area contributed by atoms with Crippen LogP contribution in [0, 0.1) is 10.1 Å². The van der Waals surface area contributed by atoms with E-state index < -0.39 is 4.92 Å². The summed E-state index contributed by atoms with van der Waals surface area (Å²) in [6.07, 6.45) is 1.74. The van der Waals surface area contributed by atoms with Gasteiger partial charge in [-0.25, -0.2) is 9.98 Å². The molecule has 8 heteroatoms. The molecular formula is C23H16ClN3O3S. The number of aliphatic imine (C=N–C) groups is 1. The second-order valence-corrected chi connectivity index (χ2v) is 7.93. The predicted octanol–water partition coefficient (Wildman–Crippen LogP) is 6.80. The van der Waals surface area contributed by atoms with Crippen LogP contribution in [-0.2, 0) is 0 Å². The Morgan fingerprint density at radius 2 is 1.65 bits per heavy atom. The highest BCUT2D eigenvalue weighted by Crippen LogP contribution is 2.40. The van der Waals surface area contributed by atoms with Crippen LogP contribution < -0.4 is 4.74 Å². The molecule has 1 aromatic heterocycles. The Bertz CT molecular complexity index is 1230. The smallest absolute Gasteiger partial charge is 0.269 e. The topological polar surface area (TPSA) is 77.6 Å². The molecule has 6 nitrogen and oxygen atoms in total. The van der Waals surface area contributed by atoms with Gasteiger partial charge in [0.05, 0.1) is 22.6 Å². The number of ether oxygens (including phenoxy) is 1. The molecule has 0 unspecified atom stereocenters. The van der Waals surface area contributed by atoms with Gasteiger partial charge in [-0.2, -0.15) is 0 Å². The van der Waals surface area contributed by atoms with E-state index in [9.17, 15) is 10.1 Å². The fourth-order valence-corrected chi connectivity index (χ4v) is 3.98. The average Bonchev–Trinajstić information content (AvgIpc) is 3.23. The number of halogens is 1. The number of non-ortho nitro benzene ring substituents is 1. The summed E-state index contributed by atoms with van der Waals surface area (Å²) >= 11 is 7.45. The van der Waals surface area contributed by atoms with Gasteiger partial charge in [-0.3, -0.25) is 10.1 Å². The van der Waals surface area contributed by atoms with E-state index in [1.807, 2.05) is 36.4 Å². The highest BCUT2D eigenvalue weighted by molar-refractivity contribution is 7.19. The van der Waals surface area contributed by atoms with E-state index >= 15 is 0 Å². The van der Waals surface area contributed by atoms with Gasteiger partial charge in [0.25, 0.3) is 5.69 Å². The van der Waals surface area contributed by atoms with Gasteiger partial charge in [-0.15, -0.1) is 0 Å². The number of benzene rings is 3. The van der Waals surface area contributed by atoms with E-state index in [1.165, 1.54) is 23.5 Å². The Morgan fingerprint density at radius 1 is 1.00 bits per heavy atom. The summed E-state index contributed by atoms with van der Waals surface area (Å²) in [4.78, 5) is 20.7.